The van der Waals surface area contributed by atoms with Crippen molar-refractivity contribution in [1.82, 2.24) is 4.98 Å². The van der Waals surface area contributed by atoms with Gasteiger partial charge in [-0.05, 0) is 37.8 Å². The van der Waals surface area contributed by atoms with Crippen molar-refractivity contribution in [3.8, 4) is 17.2 Å². The van der Waals surface area contributed by atoms with E-state index in [-0.39, 0.29) is 5.91 Å². The quantitative estimate of drug-likeness (QED) is 0.898. The van der Waals surface area contributed by atoms with Crippen molar-refractivity contribution in [1.29, 1.82) is 0 Å². The smallest absolute Gasteiger partial charge is 0.257 e. The average molecular weight is 348 g/mol. The summed E-state index contributed by atoms with van der Waals surface area (Å²) in [6, 6.07) is 3.26. The molecule has 128 valence electrons. The number of amides is 1. The van der Waals surface area contributed by atoms with Crippen LogP contribution < -0.4 is 19.5 Å². The minimum atomic E-state index is -0.250. The van der Waals surface area contributed by atoms with Crippen molar-refractivity contribution in [2.75, 3.05) is 26.6 Å². The molecular weight excluding hydrogens is 328 g/mol. The Morgan fingerprint density at radius 3 is 2.33 bits per heavy atom. The number of nitrogens with one attached hydrogen (secondary N) is 1. The average Bonchev–Trinajstić information content (AvgIpc) is 3.02. The molecular formula is C17H20N2O4S. The van der Waals surface area contributed by atoms with Crippen molar-refractivity contribution >= 4 is 22.4 Å². The number of anilines is 1. The van der Waals surface area contributed by atoms with E-state index in [1.165, 1.54) is 32.6 Å². The summed E-state index contributed by atoms with van der Waals surface area (Å²) in [4.78, 5) is 18.4. The number of carbonyl (C=O) groups excluding carboxylic acids is 1. The van der Waals surface area contributed by atoms with Crippen LogP contribution in [0.2, 0.25) is 0 Å². The Hall–Kier alpha value is -2.28. The monoisotopic (exact) mass is 348 g/mol. The van der Waals surface area contributed by atoms with Crippen molar-refractivity contribution in [3.63, 3.8) is 0 Å². The number of hydrogen-bond donors (Lipinski definition) is 1. The Morgan fingerprint density at radius 1 is 1.08 bits per heavy atom. The molecule has 1 amide bonds. The van der Waals surface area contributed by atoms with Crippen LogP contribution in [-0.2, 0) is 12.8 Å². The number of aryl methyl sites for hydroxylation is 2. The highest BCUT2D eigenvalue weighted by atomic mass is 32.1. The van der Waals surface area contributed by atoms with E-state index >= 15 is 0 Å². The summed E-state index contributed by atoms with van der Waals surface area (Å²) in [5.74, 6) is 1.10. The van der Waals surface area contributed by atoms with Gasteiger partial charge in [0.1, 0.15) is 0 Å². The lowest BCUT2D eigenvalue weighted by molar-refractivity contribution is 0.102. The summed E-state index contributed by atoms with van der Waals surface area (Å²) in [5.41, 5.74) is 1.55. The Kier molecular flexibility index (Phi) is 4.89. The molecule has 0 spiro atoms. The van der Waals surface area contributed by atoms with Crippen molar-refractivity contribution < 1.29 is 19.0 Å². The first kappa shape index (κ1) is 16.6. The van der Waals surface area contributed by atoms with Gasteiger partial charge >= 0.3 is 0 Å². The molecule has 0 aliphatic heterocycles. The zero-order valence-electron chi connectivity index (χ0n) is 14.0. The number of methoxy groups -OCH3 is 3. The fraction of sp³-hybridized carbons (Fsp3) is 0.412. The number of rotatable bonds is 5. The second kappa shape index (κ2) is 7.09. The molecule has 2 aromatic rings. The Balaban J connectivity index is 1.85. The van der Waals surface area contributed by atoms with Gasteiger partial charge in [-0.1, -0.05) is 0 Å². The van der Waals surface area contributed by atoms with E-state index in [2.05, 4.69) is 10.3 Å². The van der Waals surface area contributed by atoms with Crippen LogP contribution in [0.25, 0.3) is 0 Å². The maximum Gasteiger partial charge on any atom is 0.257 e. The third-order valence-electron chi connectivity index (χ3n) is 3.99. The van der Waals surface area contributed by atoms with Gasteiger partial charge in [0.25, 0.3) is 5.91 Å². The molecule has 3 rings (SSSR count). The number of benzene rings is 1. The van der Waals surface area contributed by atoms with Crippen molar-refractivity contribution in [2.24, 2.45) is 0 Å². The molecule has 0 atom stereocenters. The van der Waals surface area contributed by atoms with Gasteiger partial charge in [-0.15, -0.1) is 11.3 Å². The minimum Gasteiger partial charge on any atom is -0.493 e. The zero-order chi connectivity index (χ0) is 17.1. The lowest BCUT2D eigenvalue weighted by Crippen LogP contribution is -2.12. The molecule has 24 heavy (non-hydrogen) atoms. The maximum absolute atomic E-state index is 12.6. The van der Waals surface area contributed by atoms with Gasteiger partial charge in [0.15, 0.2) is 16.6 Å². The molecule has 0 radical (unpaired) electrons. The Labute approximate surface area is 144 Å². The largest absolute Gasteiger partial charge is 0.493 e. The Morgan fingerprint density at radius 2 is 1.75 bits per heavy atom. The summed E-state index contributed by atoms with van der Waals surface area (Å²) in [6.45, 7) is 0. The first-order valence-electron chi connectivity index (χ1n) is 7.76. The fourth-order valence-electron chi connectivity index (χ4n) is 2.79. The number of hydrogen-bond acceptors (Lipinski definition) is 6. The predicted molar refractivity (Wildman–Crippen MR) is 92.8 cm³/mol. The second-order valence-electron chi connectivity index (χ2n) is 5.46. The van der Waals surface area contributed by atoms with Gasteiger partial charge in [-0.3, -0.25) is 10.1 Å². The number of ether oxygens (including phenoxy) is 3. The summed E-state index contributed by atoms with van der Waals surface area (Å²) in [6.07, 6.45) is 4.39. The third kappa shape index (κ3) is 3.17. The molecule has 0 unspecified atom stereocenters. The van der Waals surface area contributed by atoms with Crippen LogP contribution in [0.1, 0.15) is 33.8 Å². The highest BCUT2D eigenvalue weighted by Crippen LogP contribution is 2.38. The van der Waals surface area contributed by atoms with Crippen LogP contribution in [0, 0.1) is 0 Å². The van der Waals surface area contributed by atoms with Crippen LogP contribution in [0.15, 0.2) is 12.1 Å². The molecule has 1 aromatic heterocycles. The van der Waals surface area contributed by atoms with Gasteiger partial charge in [-0.25, -0.2) is 4.98 Å². The number of aromatic nitrogens is 1. The van der Waals surface area contributed by atoms with E-state index in [4.69, 9.17) is 14.2 Å². The summed E-state index contributed by atoms with van der Waals surface area (Å²) >= 11 is 1.56. The van der Waals surface area contributed by atoms with Crippen LogP contribution >= 0.6 is 11.3 Å². The van der Waals surface area contributed by atoms with E-state index in [0.29, 0.717) is 27.9 Å². The SMILES string of the molecule is COc1cc(C(=O)Nc2nc3c(s2)CCCC3)cc(OC)c1OC. The van der Waals surface area contributed by atoms with E-state index in [9.17, 15) is 4.79 Å². The molecule has 0 saturated heterocycles. The number of nitrogens with zero attached hydrogens (tertiary/aromatic N) is 1. The first-order valence-corrected chi connectivity index (χ1v) is 8.58. The topological polar surface area (TPSA) is 69.7 Å². The second-order valence-corrected chi connectivity index (χ2v) is 6.55. The predicted octanol–water partition coefficient (Wildman–Crippen LogP) is 3.30. The number of fused-ring (bicyclic) bond motifs is 1. The molecule has 1 aromatic carbocycles. The van der Waals surface area contributed by atoms with Gasteiger partial charge in [-0.2, -0.15) is 0 Å². The van der Waals surface area contributed by atoms with E-state index < -0.39 is 0 Å². The summed E-state index contributed by atoms with van der Waals surface area (Å²) < 4.78 is 15.9. The van der Waals surface area contributed by atoms with Crippen LogP contribution in [0.4, 0.5) is 5.13 Å². The number of thiazole rings is 1. The lowest BCUT2D eigenvalue weighted by atomic mass is 10.0. The van der Waals surface area contributed by atoms with Crippen molar-refractivity contribution in [3.05, 3.63) is 28.3 Å². The molecule has 1 aliphatic carbocycles. The number of carbonyl (C=O) groups is 1. The summed E-state index contributed by atoms with van der Waals surface area (Å²) in [7, 11) is 4.57. The van der Waals surface area contributed by atoms with Gasteiger partial charge < -0.3 is 14.2 Å². The molecule has 1 heterocycles. The van der Waals surface area contributed by atoms with Gasteiger partial charge in [0, 0.05) is 10.4 Å². The third-order valence-corrected chi connectivity index (χ3v) is 5.07. The molecule has 0 saturated carbocycles. The van der Waals surface area contributed by atoms with Crippen LogP contribution in [0.5, 0.6) is 17.2 Å². The molecule has 7 heteroatoms. The zero-order valence-corrected chi connectivity index (χ0v) is 14.8. The van der Waals surface area contributed by atoms with Gasteiger partial charge in [0.2, 0.25) is 5.75 Å². The molecule has 1 N–H and O–H groups in total. The van der Waals surface area contributed by atoms with Crippen LogP contribution in [-0.4, -0.2) is 32.2 Å². The summed E-state index contributed by atoms with van der Waals surface area (Å²) in [5, 5.41) is 3.51. The van der Waals surface area contributed by atoms with E-state index in [0.717, 1.165) is 25.0 Å². The molecule has 0 fully saturated rings. The minimum absolute atomic E-state index is 0.250. The van der Waals surface area contributed by atoms with Crippen LogP contribution in [0.3, 0.4) is 0 Å². The highest BCUT2D eigenvalue weighted by Gasteiger charge is 2.20. The normalized spacial score (nSPS) is 13.1. The first-order chi connectivity index (χ1) is 11.7. The molecule has 0 bridgehead atoms. The van der Waals surface area contributed by atoms with Crippen molar-refractivity contribution in [2.45, 2.75) is 25.7 Å². The van der Waals surface area contributed by atoms with E-state index in [1.807, 2.05) is 0 Å². The fourth-order valence-corrected chi connectivity index (χ4v) is 3.83. The Bertz CT molecular complexity index is 709. The maximum atomic E-state index is 12.6. The standard InChI is InChI=1S/C17H20N2O4S/c1-21-12-8-10(9-13(22-2)15(12)23-3)16(20)19-17-18-11-6-4-5-7-14(11)24-17/h8-9H,4-7H2,1-3H3,(H,18,19,20). The lowest BCUT2D eigenvalue weighted by Gasteiger charge is -2.13. The van der Waals surface area contributed by atoms with E-state index in [1.54, 1.807) is 23.5 Å². The highest BCUT2D eigenvalue weighted by molar-refractivity contribution is 7.15. The molecule has 6 nitrogen and oxygen atoms in total. The van der Waals surface area contributed by atoms with Gasteiger partial charge in [0.05, 0.1) is 27.0 Å². The molecule has 1 aliphatic rings.